The van der Waals surface area contributed by atoms with Crippen molar-refractivity contribution < 1.29 is 9.59 Å². The van der Waals surface area contributed by atoms with Crippen LogP contribution in [0, 0.1) is 0 Å². The van der Waals surface area contributed by atoms with E-state index in [0.29, 0.717) is 10.7 Å². The molecule has 1 amide bonds. The topological polar surface area (TPSA) is 63.5 Å². The summed E-state index contributed by atoms with van der Waals surface area (Å²) in [6.07, 6.45) is 2.57. The van der Waals surface area contributed by atoms with E-state index < -0.39 is 0 Å². The zero-order chi connectivity index (χ0) is 13.1. The van der Waals surface area contributed by atoms with E-state index in [1.54, 1.807) is 10.6 Å². The predicted octanol–water partition coefficient (Wildman–Crippen LogP) is 1.82. The number of carbonyl (C=O) groups excluding carboxylic acids is 2. The van der Waals surface area contributed by atoms with E-state index in [-0.39, 0.29) is 17.7 Å². The third kappa shape index (κ3) is 2.73. The van der Waals surface area contributed by atoms with Crippen molar-refractivity contribution >= 4 is 40.3 Å². The molecule has 7 heteroatoms. The lowest BCUT2D eigenvalue weighted by atomic mass is 10.4. The van der Waals surface area contributed by atoms with Crippen molar-refractivity contribution in [3.63, 3.8) is 0 Å². The van der Waals surface area contributed by atoms with Gasteiger partial charge in [-0.1, -0.05) is 11.8 Å². The molecule has 0 aliphatic rings. The van der Waals surface area contributed by atoms with Gasteiger partial charge in [0.25, 0.3) is 0 Å². The Hall–Kier alpha value is -1.34. The fraction of sp³-hybridized carbons (Fsp3) is 0.364. The van der Waals surface area contributed by atoms with E-state index in [1.807, 2.05) is 19.2 Å². The minimum atomic E-state index is -0.0526. The van der Waals surface area contributed by atoms with Crippen LogP contribution in [0.15, 0.2) is 16.6 Å². The molecule has 1 N–H and O–H groups in total. The largest absolute Gasteiger partial charge is 0.353 e. The van der Waals surface area contributed by atoms with E-state index in [0.717, 1.165) is 11.2 Å². The monoisotopic (exact) mass is 283 g/mol. The third-order valence-corrected chi connectivity index (χ3v) is 3.90. The van der Waals surface area contributed by atoms with Gasteiger partial charge in [-0.3, -0.25) is 14.0 Å². The Bertz CT molecular complexity index is 574. The first-order chi connectivity index (χ1) is 8.61. The molecule has 2 aromatic heterocycles. The number of thiazole rings is 1. The number of amides is 1. The van der Waals surface area contributed by atoms with Crippen molar-refractivity contribution in [2.75, 3.05) is 5.75 Å². The molecule has 0 saturated heterocycles. The summed E-state index contributed by atoms with van der Waals surface area (Å²) in [7, 11) is 0. The van der Waals surface area contributed by atoms with Crippen molar-refractivity contribution in [1.29, 1.82) is 0 Å². The molecule has 0 radical (unpaired) electrons. The fourth-order valence-electron chi connectivity index (χ4n) is 1.49. The smallest absolute Gasteiger partial charge is 0.230 e. The first-order valence-corrected chi connectivity index (χ1v) is 7.31. The van der Waals surface area contributed by atoms with E-state index >= 15 is 0 Å². The minimum Gasteiger partial charge on any atom is -0.353 e. The van der Waals surface area contributed by atoms with Crippen molar-refractivity contribution in [2.24, 2.45) is 0 Å². The van der Waals surface area contributed by atoms with Gasteiger partial charge in [-0.15, -0.1) is 11.3 Å². The summed E-state index contributed by atoms with van der Waals surface area (Å²) in [5.74, 6) is 0.215. The quantitative estimate of drug-likeness (QED) is 0.671. The zero-order valence-electron chi connectivity index (χ0n) is 10.0. The summed E-state index contributed by atoms with van der Waals surface area (Å²) in [5, 5.41) is 5.28. The lowest BCUT2D eigenvalue weighted by Crippen LogP contribution is -2.31. The molecule has 0 fully saturated rings. The molecule has 0 aliphatic carbocycles. The highest BCUT2D eigenvalue weighted by molar-refractivity contribution is 8.00. The maximum Gasteiger partial charge on any atom is 0.230 e. The minimum absolute atomic E-state index is 0.0526. The molecule has 2 aromatic rings. The van der Waals surface area contributed by atoms with Gasteiger partial charge in [0.15, 0.2) is 11.2 Å². The third-order valence-electron chi connectivity index (χ3n) is 2.17. The summed E-state index contributed by atoms with van der Waals surface area (Å²) in [5.41, 5.74) is 0.508. The first-order valence-electron chi connectivity index (χ1n) is 5.44. The molecule has 0 spiro atoms. The highest BCUT2D eigenvalue weighted by Crippen LogP contribution is 2.24. The van der Waals surface area contributed by atoms with Gasteiger partial charge in [0.1, 0.15) is 10.7 Å². The van der Waals surface area contributed by atoms with Crippen LogP contribution in [0.3, 0.4) is 0 Å². The molecular formula is C11H13N3O2S2. The first kappa shape index (κ1) is 13.1. The van der Waals surface area contributed by atoms with Crippen LogP contribution < -0.4 is 5.32 Å². The van der Waals surface area contributed by atoms with Gasteiger partial charge >= 0.3 is 0 Å². The molecule has 96 valence electrons. The van der Waals surface area contributed by atoms with Crippen LogP contribution >= 0.6 is 23.1 Å². The number of aldehydes is 1. The van der Waals surface area contributed by atoms with Crippen molar-refractivity contribution in [2.45, 2.75) is 24.9 Å². The van der Waals surface area contributed by atoms with E-state index in [4.69, 9.17) is 0 Å². The van der Waals surface area contributed by atoms with Crippen molar-refractivity contribution in [3.05, 3.63) is 17.3 Å². The molecular weight excluding hydrogens is 270 g/mol. The van der Waals surface area contributed by atoms with E-state index in [2.05, 4.69) is 10.3 Å². The van der Waals surface area contributed by atoms with Crippen LogP contribution in [0.5, 0.6) is 0 Å². The summed E-state index contributed by atoms with van der Waals surface area (Å²) in [6, 6.07) is 0.120. The van der Waals surface area contributed by atoms with Gasteiger partial charge in [0.2, 0.25) is 5.91 Å². The van der Waals surface area contributed by atoms with Crippen LogP contribution in [0.25, 0.3) is 4.96 Å². The maximum atomic E-state index is 11.5. The SMILES string of the molecule is CC(C)NC(=O)CSc1nc2sccn2c1C=O. The van der Waals surface area contributed by atoms with Crippen LogP contribution in [-0.4, -0.2) is 33.4 Å². The Labute approximate surface area is 113 Å². The van der Waals surface area contributed by atoms with Gasteiger partial charge < -0.3 is 5.32 Å². The molecule has 0 aliphatic heterocycles. The fourth-order valence-corrected chi connectivity index (χ4v) is 3.07. The van der Waals surface area contributed by atoms with E-state index in [1.165, 1.54) is 23.1 Å². The predicted molar refractivity (Wildman–Crippen MR) is 72.5 cm³/mol. The summed E-state index contributed by atoms with van der Waals surface area (Å²) in [4.78, 5) is 27.7. The second-order valence-corrected chi connectivity index (χ2v) is 5.82. The molecule has 5 nitrogen and oxygen atoms in total. The molecule has 0 bridgehead atoms. The second kappa shape index (κ2) is 5.53. The number of rotatable bonds is 5. The second-order valence-electron chi connectivity index (χ2n) is 3.99. The number of thioether (sulfide) groups is 1. The van der Waals surface area contributed by atoms with Gasteiger partial charge in [0, 0.05) is 17.6 Å². The molecule has 0 unspecified atom stereocenters. The van der Waals surface area contributed by atoms with Crippen LogP contribution in [0.2, 0.25) is 0 Å². The van der Waals surface area contributed by atoms with Gasteiger partial charge in [-0.05, 0) is 13.8 Å². The van der Waals surface area contributed by atoms with Gasteiger partial charge in [0.05, 0.1) is 5.75 Å². The Balaban J connectivity index is 2.09. The van der Waals surface area contributed by atoms with Crippen LogP contribution in [-0.2, 0) is 4.79 Å². The van der Waals surface area contributed by atoms with Gasteiger partial charge in [-0.25, -0.2) is 4.98 Å². The summed E-state index contributed by atoms with van der Waals surface area (Å²) >= 11 is 2.75. The number of fused-ring (bicyclic) bond motifs is 1. The molecule has 2 rings (SSSR count). The highest BCUT2D eigenvalue weighted by atomic mass is 32.2. The number of hydrogen-bond donors (Lipinski definition) is 1. The molecule has 0 atom stereocenters. The maximum absolute atomic E-state index is 11.5. The number of aromatic nitrogens is 2. The Morgan fingerprint density at radius 2 is 2.44 bits per heavy atom. The molecule has 18 heavy (non-hydrogen) atoms. The number of hydrogen-bond acceptors (Lipinski definition) is 5. The Kier molecular flexibility index (Phi) is 4.03. The van der Waals surface area contributed by atoms with E-state index in [9.17, 15) is 9.59 Å². The number of nitrogens with zero attached hydrogens (tertiary/aromatic N) is 2. The van der Waals surface area contributed by atoms with Crippen molar-refractivity contribution in [3.8, 4) is 0 Å². The normalized spacial score (nSPS) is 11.1. The summed E-state index contributed by atoms with van der Waals surface area (Å²) < 4.78 is 1.74. The summed E-state index contributed by atoms with van der Waals surface area (Å²) in [6.45, 7) is 3.82. The van der Waals surface area contributed by atoms with Gasteiger partial charge in [-0.2, -0.15) is 0 Å². The van der Waals surface area contributed by atoms with Crippen molar-refractivity contribution in [1.82, 2.24) is 14.7 Å². The van der Waals surface area contributed by atoms with Crippen LogP contribution in [0.1, 0.15) is 24.3 Å². The molecule has 2 heterocycles. The lowest BCUT2D eigenvalue weighted by molar-refractivity contribution is -0.119. The average Bonchev–Trinajstić information content (AvgIpc) is 2.84. The number of carbonyl (C=O) groups is 2. The molecule has 0 saturated carbocycles. The highest BCUT2D eigenvalue weighted by Gasteiger charge is 2.14. The lowest BCUT2D eigenvalue weighted by Gasteiger charge is -2.06. The standard InChI is InChI=1S/C11H13N3O2S2/c1-7(2)12-9(16)6-18-10-8(5-15)14-3-4-17-11(14)13-10/h3-5,7H,6H2,1-2H3,(H,12,16). The number of nitrogens with one attached hydrogen (secondary N) is 1. The average molecular weight is 283 g/mol. The Morgan fingerprint density at radius 1 is 1.67 bits per heavy atom. The van der Waals surface area contributed by atoms with Crippen LogP contribution in [0.4, 0.5) is 0 Å². The Morgan fingerprint density at radius 3 is 3.11 bits per heavy atom. The molecule has 0 aromatic carbocycles. The zero-order valence-corrected chi connectivity index (χ0v) is 11.7. The number of imidazole rings is 1.